The minimum absolute atomic E-state index is 0.232. The van der Waals surface area contributed by atoms with E-state index in [9.17, 15) is 0 Å². The highest BCUT2D eigenvalue weighted by molar-refractivity contribution is 5.62. The first-order chi connectivity index (χ1) is 13.2. The Hall–Kier alpha value is -2.44. The first-order valence-electron chi connectivity index (χ1n) is 9.57. The highest BCUT2D eigenvalue weighted by atomic mass is 16.5. The molecule has 142 valence electrons. The van der Waals surface area contributed by atoms with E-state index in [1.165, 1.54) is 11.1 Å². The van der Waals surface area contributed by atoms with Crippen molar-refractivity contribution in [2.24, 2.45) is 20.0 Å². The van der Waals surface area contributed by atoms with E-state index in [4.69, 9.17) is 4.74 Å². The lowest BCUT2D eigenvalue weighted by Gasteiger charge is -2.30. The number of hydrogen-bond acceptors (Lipinski definition) is 4. The molecular formula is C21H27N5O. The van der Waals surface area contributed by atoms with Crippen molar-refractivity contribution in [3.8, 4) is 11.1 Å². The summed E-state index contributed by atoms with van der Waals surface area (Å²) in [6.07, 6.45) is 10.00. The van der Waals surface area contributed by atoms with Gasteiger partial charge in [-0.1, -0.05) is 18.2 Å². The zero-order valence-electron chi connectivity index (χ0n) is 16.0. The van der Waals surface area contributed by atoms with Crippen molar-refractivity contribution in [3.63, 3.8) is 0 Å². The highest BCUT2D eigenvalue weighted by Crippen LogP contribution is 2.29. The molecule has 1 aliphatic rings. The molecule has 1 aliphatic heterocycles. The Morgan fingerprint density at radius 3 is 2.78 bits per heavy atom. The van der Waals surface area contributed by atoms with Crippen LogP contribution in [0.15, 0.2) is 49.1 Å². The molecule has 6 nitrogen and oxygen atoms in total. The van der Waals surface area contributed by atoms with Crippen molar-refractivity contribution in [1.82, 2.24) is 24.6 Å². The monoisotopic (exact) mass is 365 g/mol. The lowest BCUT2D eigenvalue weighted by Crippen LogP contribution is -2.33. The maximum absolute atomic E-state index is 5.56. The fourth-order valence-corrected chi connectivity index (χ4v) is 3.85. The SMILES string of the molecule is Cn1cc(-c2cccc(CN[C@@H](c3nccn3C)C3CCOCC3)c2)cn1. The van der Waals surface area contributed by atoms with E-state index in [-0.39, 0.29) is 6.04 Å². The molecule has 4 rings (SSSR count). The Balaban J connectivity index is 1.51. The molecule has 1 atom stereocenters. The summed E-state index contributed by atoms with van der Waals surface area (Å²) in [6.45, 7) is 2.48. The second-order valence-corrected chi connectivity index (χ2v) is 7.31. The van der Waals surface area contributed by atoms with Crippen LogP contribution in [0.1, 0.15) is 30.3 Å². The maximum atomic E-state index is 5.56. The third kappa shape index (κ3) is 4.12. The average molecular weight is 365 g/mol. The van der Waals surface area contributed by atoms with Gasteiger partial charge >= 0.3 is 0 Å². The van der Waals surface area contributed by atoms with Gasteiger partial charge in [-0.25, -0.2) is 4.98 Å². The van der Waals surface area contributed by atoms with Crippen molar-refractivity contribution in [2.75, 3.05) is 13.2 Å². The molecule has 1 aromatic carbocycles. The van der Waals surface area contributed by atoms with Gasteiger partial charge in [-0.05, 0) is 36.0 Å². The van der Waals surface area contributed by atoms with Gasteiger partial charge in [0.1, 0.15) is 5.82 Å². The maximum Gasteiger partial charge on any atom is 0.125 e. The minimum atomic E-state index is 0.232. The van der Waals surface area contributed by atoms with Gasteiger partial charge in [-0.2, -0.15) is 5.10 Å². The molecule has 27 heavy (non-hydrogen) atoms. The molecule has 3 heterocycles. The lowest BCUT2D eigenvalue weighted by atomic mass is 9.91. The van der Waals surface area contributed by atoms with Crippen LogP contribution in [0.25, 0.3) is 11.1 Å². The third-order valence-electron chi connectivity index (χ3n) is 5.37. The molecule has 0 radical (unpaired) electrons. The van der Waals surface area contributed by atoms with E-state index < -0.39 is 0 Å². The molecule has 1 fully saturated rings. The fourth-order valence-electron chi connectivity index (χ4n) is 3.85. The summed E-state index contributed by atoms with van der Waals surface area (Å²) in [5.74, 6) is 1.65. The Bertz CT molecular complexity index is 878. The summed E-state index contributed by atoms with van der Waals surface area (Å²) in [7, 11) is 4.01. The molecular weight excluding hydrogens is 338 g/mol. The minimum Gasteiger partial charge on any atom is -0.381 e. The van der Waals surface area contributed by atoms with E-state index in [0.29, 0.717) is 5.92 Å². The van der Waals surface area contributed by atoms with Crippen LogP contribution < -0.4 is 5.32 Å². The van der Waals surface area contributed by atoms with Crippen LogP contribution in [0.4, 0.5) is 0 Å². The standard InChI is InChI=1S/C21H27N5O/c1-25-9-8-22-21(25)20(17-6-10-27-11-7-17)23-13-16-4-3-5-18(12-16)19-14-24-26(2)15-19/h3-5,8-9,12,14-15,17,20,23H,6-7,10-11,13H2,1-2H3/t20-/m1/s1. The molecule has 0 spiro atoms. The topological polar surface area (TPSA) is 56.9 Å². The van der Waals surface area contributed by atoms with Crippen LogP contribution in [0.2, 0.25) is 0 Å². The smallest absolute Gasteiger partial charge is 0.125 e. The van der Waals surface area contributed by atoms with Gasteiger partial charge in [-0.3, -0.25) is 4.68 Å². The zero-order chi connectivity index (χ0) is 18.6. The van der Waals surface area contributed by atoms with Crippen molar-refractivity contribution >= 4 is 0 Å². The highest BCUT2D eigenvalue weighted by Gasteiger charge is 2.27. The zero-order valence-corrected chi connectivity index (χ0v) is 16.0. The number of aryl methyl sites for hydroxylation is 2. The molecule has 3 aromatic rings. The van der Waals surface area contributed by atoms with Gasteiger partial charge in [0.2, 0.25) is 0 Å². The number of hydrogen-bond donors (Lipinski definition) is 1. The summed E-state index contributed by atoms with van der Waals surface area (Å²) in [6, 6.07) is 8.89. The van der Waals surface area contributed by atoms with Crippen LogP contribution >= 0.6 is 0 Å². The Morgan fingerprint density at radius 2 is 2.07 bits per heavy atom. The number of rotatable bonds is 6. The van der Waals surface area contributed by atoms with Crippen LogP contribution in [0, 0.1) is 5.92 Å². The fraction of sp³-hybridized carbons (Fsp3) is 0.429. The summed E-state index contributed by atoms with van der Waals surface area (Å²) in [5, 5.41) is 8.05. The number of nitrogens with one attached hydrogen (secondary N) is 1. The lowest BCUT2D eigenvalue weighted by molar-refractivity contribution is 0.0518. The number of ether oxygens (including phenoxy) is 1. The predicted molar refractivity (Wildman–Crippen MR) is 105 cm³/mol. The van der Waals surface area contributed by atoms with Gasteiger partial charge < -0.3 is 14.6 Å². The van der Waals surface area contributed by atoms with Gasteiger partial charge in [0.05, 0.1) is 12.2 Å². The van der Waals surface area contributed by atoms with Crippen molar-refractivity contribution in [2.45, 2.75) is 25.4 Å². The Morgan fingerprint density at radius 1 is 1.22 bits per heavy atom. The largest absolute Gasteiger partial charge is 0.381 e. The molecule has 0 bridgehead atoms. The van der Waals surface area contributed by atoms with Crippen molar-refractivity contribution in [3.05, 3.63) is 60.4 Å². The summed E-state index contributed by atoms with van der Waals surface area (Å²) in [5.41, 5.74) is 3.61. The van der Waals surface area contributed by atoms with Crippen molar-refractivity contribution in [1.29, 1.82) is 0 Å². The second-order valence-electron chi connectivity index (χ2n) is 7.31. The quantitative estimate of drug-likeness (QED) is 0.729. The number of aromatic nitrogens is 4. The van der Waals surface area contributed by atoms with Crippen molar-refractivity contribution < 1.29 is 4.74 Å². The van der Waals surface area contributed by atoms with E-state index in [1.807, 2.05) is 36.5 Å². The van der Waals surface area contributed by atoms with Crippen LogP contribution in [-0.2, 0) is 25.4 Å². The molecule has 0 saturated carbocycles. The van der Waals surface area contributed by atoms with Crippen LogP contribution in [0.3, 0.4) is 0 Å². The van der Waals surface area contributed by atoms with E-state index in [0.717, 1.165) is 44.0 Å². The first kappa shape index (κ1) is 17.9. The molecule has 1 saturated heterocycles. The molecule has 1 N–H and O–H groups in total. The summed E-state index contributed by atoms with van der Waals surface area (Å²) >= 11 is 0. The van der Waals surface area contributed by atoms with E-state index in [2.05, 4.69) is 51.3 Å². The molecule has 6 heteroatoms. The third-order valence-corrected chi connectivity index (χ3v) is 5.37. The first-order valence-corrected chi connectivity index (χ1v) is 9.57. The summed E-state index contributed by atoms with van der Waals surface area (Å²) in [4.78, 5) is 4.62. The number of nitrogens with zero attached hydrogens (tertiary/aromatic N) is 4. The number of benzene rings is 1. The predicted octanol–water partition coefficient (Wildman–Crippen LogP) is 3.08. The molecule has 0 unspecified atom stereocenters. The van der Waals surface area contributed by atoms with Crippen LogP contribution in [0.5, 0.6) is 0 Å². The van der Waals surface area contributed by atoms with Crippen LogP contribution in [-0.4, -0.2) is 32.5 Å². The molecule has 0 aliphatic carbocycles. The Labute approximate surface area is 160 Å². The average Bonchev–Trinajstić information content (AvgIpc) is 3.32. The molecule has 2 aromatic heterocycles. The van der Waals surface area contributed by atoms with E-state index in [1.54, 1.807) is 0 Å². The van der Waals surface area contributed by atoms with E-state index >= 15 is 0 Å². The second kappa shape index (κ2) is 8.06. The van der Waals surface area contributed by atoms with Gasteiger partial charge in [0.25, 0.3) is 0 Å². The molecule has 0 amide bonds. The van der Waals surface area contributed by atoms with Gasteiger partial charge in [-0.15, -0.1) is 0 Å². The normalized spacial score (nSPS) is 16.5. The number of imidazole rings is 1. The van der Waals surface area contributed by atoms with Gasteiger partial charge in [0, 0.05) is 58.0 Å². The summed E-state index contributed by atoms with van der Waals surface area (Å²) < 4.78 is 9.52. The van der Waals surface area contributed by atoms with Gasteiger partial charge in [0.15, 0.2) is 0 Å². The Kier molecular flexibility index (Phi) is 5.36.